The van der Waals surface area contributed by atoms with Crippen molar-refractivity contribution >= 4 is 5.97 Å². The van der Waals surface area contributed by atoms with Crippen LogP contribution in [-0.4, -0.2) is 142 Å². The van der Waals surface area contributed by atoms with E-state index in [0.717, 1.165) is 103 Å². The van der Waals surface area contributed by atoms with Gasteiger partial charge >= 0.3 is 5.97 Å². The Morgan fingerprint density at radius 2 is 0.823 bits per heavy atom. The fourth-order valence-electron chi connectivity index (χ4n) is 9.14. The Bertz CT molecular complexity index is 1670. The van der Waals surface area contributed by atoms with E-state index in [4.69, 9.17) is 28.4 Å². The van der Waals surface area contributed by atoms with E-state index in [-0.39, 0.29) is 19.6 Å². The third kappa shape index (κ3) is 36.9. The first-order valence-corrected chi connectivity index (χ1v) is 30.8. The van der Waals surface area contributed by atoms with E-state index in [2.05, 4.69) is 111 Å². The maximum absolute atomic E-state index is 13.1. The maximum Gasteiger partial charge on any atom is 0.306 e. The van der Waals surface area contributed by atoms with E-state index in [1.807, 2.05) is 0 Å². The summed E-state index contributed by atoms with van der Waals surface area (Å²) in [6.45, 7) is 3.52. The van der Waals surface area contributed by atoms with Crippen molar-refractivity contribution in [3.63, 3.8) is 0 Å². The van der Waals surface area contributed by atoms with Crippen LogP contribution in [0.1, 0.15) is 206 Å². The first kappa shape index (κ1) is 72.0. The molecule has 11 atom stereocenters. The summed E-state index contributed by atoms with van der Waals surface area (Å²) >= 11 is 0. The lowest BCUT2D eigenvalue weighted by Crippen LogP contribution is -2.61. The number of aliphatic hydroxyl groups excluding tert-OH is 7. The largest absolute Gasteiger partial charge is 0.457 e. The average molecular weight is 1120 g/mol. The van der Waals surface area contributed by atoms with Gasteiger partial charge in [-0.3, -0.25) is 4.79 Å². The summed E-state index contributed by atoms with van der Waals surface area (Å²) in [5.74, 6) is -0.394. The Kier molecular flexibility index (Phi) is 46.1. The highest BCUT2D eigenvalue weighted by Gasteiger charge is 2.47. The van der Waals surface area contributed by atoms with Crippen LogP contribution < -0.4 is 0 Å². The molecule has 2 saturated heterocycles. The van der Waals surface area contributed by atoms with Crippen molar-refractivity contribution in [2.45, 2.75) is 274 Å². The number of esters is 1. The van der Waals surface area contributed by atoms with Crippen LogP contribution in [0.4, 0.5) is 0 Å². The topological polar surface area (TPSA) is 214 Å². The van der Waals surface area contributed by atoms with Crippen molar-refractivity contribution in [2.24, 2.45) is 0 Å². The molecule has 0 amide bonds. The first-order chi connectivity index (χ1) is 38.6. The molecule has 14 nitrogen and oxygen atoms in total. The summed E-state index contributed by atoms with van der Waals surface area (Å²) in [5, 5.41) is 72.5. The fraction of sp³-hybridized carbons (Fsp3) is 0.738. The van der Waals surface area contributed by atoms with Crippen LogP contribution in [0.5, 0.6) is 0 Å². The lowest BCUT2D eigenvalue weighted by molar-refractivity contribution is -0.332. The highest BCUT2D eigenvalue weighted by molar-refractivity contribution is 5.69. The number of hydrogen-bond acceptors (Lipinski definition) is 14. The molecule has 0 aromatic rings. The van der Waals surface area contributed by atoms with Gasteiger partial charge in [0.1, 0.15) is 54.9 Å². The molecular weight excluding hydrogens is 1000 g/mol. The zero-order valence-corrected chi connectivity index (χ0v) is 48.8. The second kappa shape index (κ2) is 50.6. The quantitative estimate of drug-likeness (QED) is 0.0172. The molecule has 0 radical (unpaired) electrons. The zero-order valence-electron chi connectivity index (χ0n) is 48.8. The summed E-state index contributed by atoms with van der Waals surface area (Å²) in [5.41, 5.74) is 0. The van der Waals surface area contributed by atoms with Gasteiger partial charge in [-0.1, -0.05) is 201 Å². The van der Waals surface area contributed by atoms with Crippen molar-refractivity contribution < 1.29 is 69.0 Å². The number of aliphatic hydroxyl groups is 7. The summed E-state index contributed by atoms with van der Waals surface area (Å²) in [4.78, 5) is 13.1. The Morgan fingerprint density at radius 1 is 0.430 bits per heavy atom. The lowest BCUT2D eigenvalue weighted by atomic mass is 9.98. The van der Waals surface area contributed by atoms with Gasteiger partial charge in [0, 0.05) is 13.0 Å². The molecule has 79 heavy (non-hydrogen) atoms. The minimum absolute atomic E-state index is 0.0477. The van der Waals surface area contributed by atoms with Gasteiger partial charge in [-0.05, 0) is 96.3 Å². The van der Waals surface area contributed by atoms with E-state index < -0.39 is 86.7 Å². The van der Waals surface area contributed by atoms with E-state index in [1.165, 1.54) is 77.0 Å². The zero-order chi connectivity index (χ0) is 57.2. The molecule has 454 valence electrons. The molecule has 14 heteroatoms. The minimum Gasteiger partial charge on any atom is -0.457 e. The second-order valence-corrected chi connectivity index (χ2v) is 21.1. The van der Waals surface area contributed by atoms with E-state index in [9.17, 15) is 40.5 Å². The minimum atomic E-state index is -1.72. The molecule has 0 aromatic heterocycles. The SMILES string of the molecule is CC/C=C\C/C=C\C/C=C\C/C=C\C/C=C\C/C=C\CCCCCCCCC(=O)OC(COCCCCCCCCCCCC/C=C\C/C=C\CCCCC)COC1OC(COC2OC(CO)C(O)C(O)C2O)C(O)C(O)C1O. The van der Waals surface area contributed by atoms with Gasteiger partial charge in [0.25, 0.3) is 0 Å². The van der Waals surface area contributed by atoms with E-state index in [0.29, 0.717) is 13.0 Å². The average Bonchev–Trinajstić information content (AvgIpc) is 3.46. The van der Waals surface area contributed by atoms with Crippen molar-refractivity contribution in [3.8, 4) is 0 Å². The normalized spacial score (nSPS) is 24.7. The van der Waals surface area contributed by atoms with Crippen molar-refractivity contribution in [1.82, 2.24) is 0 Å². The molecule has 0 spiro atoms. The molecule has 0 aromatic carbocycles. The summed E-state index contributed by atoms with van der Waals surface area (Å²) in [7, 11) is 0. The second-order valence-electron chi connectivity index (χ2n) is 21.1. The number of rotatable bonds is 49. The summed E-state index contributed by atoms with van der Waals surface area (Å²) < 4.78 is 34.4. The molecule has 0 bridgehead atoms. The predicted octanol–water partition coefficient (Wildman–Crippen LogP) is 11.7. The Balaban J connectivity index is 1.71. The number of carbonyl (C=O) groups excluding carboxylic acids is 1. The molecule has 0 aliphatic carbocycles. The molecule has 2 rings (SSSR count). The van der Waals surface area contributed by atoms with Crippen LogP contribution in [0.25, 0.3) is 0 Å². The van der Waals surface area contributed by atoms with Gasteiger partial charge in [-0.15, -0.1) is 0 Å². The van der Waals surface area contributed by atoms with Gasteiger partial charge in [0.15, 0.2) is 12.6 Å². The molecule has 0 saturated carbocycles. The first-order valence-electron chi connectivity index (χ1n) is 30.8. The van der Waals surface area contributed by atoms with Crippen molar-refractivity contribution in [2.75, 3.05) is 33.0 Å². The molecule has 7 N–H and O–H groups in total. The Labute approximate surface area is 477 Å². The number of hydrogen-bond donors (Lipinski definition) is 7. The Morgan fingerprint density at radius 3 is 1.29 bits per heavy atom. The summed E-state index contributed by atoms with van der Waals surface area (Å²) in [6, 6.07) is 0. The fourth-order valence-corrected chi connectivity index (χ4v) is 9.14. The highest BCUT2D eigenvalue weighted by Crippen LogP contribution is 2.27. The molecule has 2 heterocycles. The van der Waals surface area contributed by atoms with E-state index >= 15 is 0 Å². The van der Waals surface area contributed by atoms with E-state index in [1.54, 1.807) is 0 Å². The number of unbranched alkanes of at least 4 members (excludes halogenated alkanes) is 19. The van der Waals surface area contributed by atoms with Gasteiger partial charge in [-0.2, -0.15) is 0 Å². The third-order valence-electron chi connectivity index (χ3n) is 14.1. The molecule has 2 aliphatic heterocycles. The highest BCUT2D eigenvalue weighted by atomic mass is 16.7. The Hall–Kier alpha value is -3.09. The number of allylic oxidation sites excluding steroid dienone is 16. The van der Waals surface area contributed by atoms with Crippen molar-refractivity contribution in [1.29, 1.82) is 0 Å². The van der Waals surface area contributed by atoms with Gasteiger partial charge in [-0.25, -0.2) is 0 Å². The standard InChI is InChI=1S/C65H110O14/c1-3-5-7-9-11-13-15-17-19-21-23-25-26-27-28-29-30-32-34-36-38-40-42-44-46-48-57(67)77-54(51-74-49-47-45-43-41-39-37-35-33-31-24-22-20-18-16-14-12-10-8-6-4-2)52-75-64-63(73)61(71)59(69)56(79-64)53-76-65-62(72)60(70)58(68)55(50-66)78-65/h5,7,11-14,17-20,23,25,27-28,30,32,54-56,58-66,68-73H,3-4,6,8-10,15-16,21-22,24,26,29,31,33-53H2,1-2H3/b7-5-,13-11-,14-12-,19-17-,20-18-,25-23-,28-27-,32-30-. The van der Waals surface area contributed by atoms with Crippen LogP contribution in [0.2, 0.25) is 0 Å². The van der Waals surface area contributed by atoms with Gasteiger partial charge in [0.05, 0.1) is 26.4 Å². The van der Waals surface area contributed by atoms with Crippen LogP contribution in [0, 0.1) is 0 Å². The molecular formula is C65H110O14. The number of carbonyl (C=O) groups is 1. The van der Waals surface area contributed by atoms with Crippen LogP contribution >= 0.6 is 0 Å². The molecule has 2 fully saturated rings. The molecule has 2 aliphatic rings. The van der Waals surface area contributed by atoms with Crippen molar-refractivity contribution in [3.05, 3.63) is 97.2 Å². The smallest absolute Gasteiger partial charge is 0.306 e. The van der Waals surface area contributed by atoms with Crippen LogP contribution in [-0.2, 0) is 33.2 Å². The third-order valence-corrected chi connectivity index (χ3v) is 14.1. The van der Waals surface area contributed by atoms with Gasteiger partial charge < -0.3 is 64.2 Å². The monoisotopic (exact) mass is 1110 g/mol. The van der Waals surface area contributed by atoms with Gasteiger partial charge in [0.2, 0.25) is 0 Å². The lowest BCUT2D eigenvalue weighted by Gasteiger charge is -2.42. The van der Waals surface area contributed by atoms with Crippen LogP contribution in [0.3, 0.4) is 0 Å². The maximum atomic E-state index is 13.1. The summed E-state index contributed by atoms with van der Waals surface area (Å²) in [6.07, 6.45) is 51.7. The molecule has 11 unspecified atom stereocenters. The predicted molar refractivity (Wildman–Crippen MR) is 316 cm³/mol. The van der Waals surface area contributed by atoms with Crippen LogP contribution in [0.15, 0.2) is 97.2 Å². The number of ether oxygens (including phenoxy) is 6.